The van der Waals surface area contributed by atoms with Crippen LogP contribution in [0, 0.1) is 12.8 Å². The highest BCUT2D eigenvalue weighted by Crippen LogP contribution is 2.29. The van der Waals surface area contributed by atoms with E-state index >= 15 is 0 Å². The highest BCUT2D eigenvalue weighted by molar-refractivity contribution is 5.69. The molecule has 0 saturated heterocycles. The maximum atomic E-state index is 10.8. The summed E-state index contributed by atoms with van der Waals surface area (Å²) in [5.74, 6) is 0.527. The summed E-state index contributed by atoms with van der Waals surface area (Å²) >= 11 is 0. The minimum Gasteiger partial charge on any atom is -0.466 e. The molecule has 57 valence electrons. The predicted octanol–water partition coefficient (Wildman–Crippen LogP) is 1.55. The van der Waals surface area contributed by atoms with Crippen molar-refractivity contribution < 1.29 is 9.53 Å². The van der Waals surface area contributed by atoms with E-state index in [1.54, 1.807) is 0 Å². The Hall–Kier alpha value is -0.530. The Morgan fingerprint density at radius 3 is 2.70 bits per heavy atom. The van der Waals surface area contributed by atoms with Crippen molar-refractivity contribution in [2.45, 2.75) is 25.7 Å². The lowest BCUT2D eigenvalue weighted by molar-refractivity contribution is -0.144. The molecule has 1 fully saturated rings. The molecule has 0 atom stereocenters. The summed E-state index contributed by atoms with van der Waals surface area (Å²) in [6.07, 6.45) is 4.29. The first-order valence-corrected chi connectivity index (χ1v) is 3.78. The van der Waals surface area contributed by atoms with Crippen molar-refractivity contribution in [2.75, 3.05) is 6.61 Å². The minimum atomic E-state index is -0.0836. The first-order chi connectivity index (χ1) is 4.83. The van der Waals surface area contributed by atoms with Crippen molar-refractivity contribution in [1.29, 1.82) is 0 Å². The fourth-order valence-corrected chi connectivity index (χ4v) is 1.11. The standard InChI is InChI=1S/C8H13O2/c1-2-10-8(9)6-7-4-3-5-7/h7H,1-6H2. The molecular formula is C8H13O2. The second-order valence-corrected chi connectivity index (χ2v) is 2.72. The summed E-state index contributed by atoms with van der Waals surface area (Å²) < 4.78 is 4.70. The summed E-state index contributed by atoms with van der Waals surface area (Å²) in [6.45, 7) is 3.70. The first-order valence-electron chi connectivity index (χ1n) is 3.78. The van der Waals surface area contributed by atoms with Crippen LogP contribution in [0.5, 0.6) is 0 Å². The zero-order valence-electron chi connectivity index (χ0n) is 6.14. The van der Waals surface area contributed by atoms with Crippen LogP contribution >= 0.6 is 0 Å². The van der Waals surface area contributed by atoms with Crippen LogP contribution in [-0.2, 0) is 9.53 Å². The van der Waals surface area contributed by atoms with Crippen LogP contribution in [0.15, 0.2) is 0 Å². The van der Waals surface area contributed by atoms with E-state index < -0.39 is 0 Å². The van der Waals surface area contributed by atoms with Gasteiger partial charge >= 0.3 is 5.97 Å². The predicted molar refractivity (Wildman–Crippen MR) is 38.3 cm³/mol. The van der Waals surface area contributed by atoms with Crippen molar-refractivity contribution in [3.63, 3.8) is 0 Å². The minimum absolute atomic E-state index is 0.0836. The molecule has 1 aliphatic carbocycles. The Morgan fingerprint density at radius 1 is 1.60 bits per heavy atom. The van der Waals surface area contributed by atoms with Gasteiger partial charge in [-0.25, -0.2) is 0 Å². The molecule has 0 N–H and O–H groups in total. The van der Waals surface area contributed by atoms with Crippen LogP contribution in [0.2, 0.25) is 0 Å². The van der Waals surface area contributed by atoms with E-state index in [0.717, 1.165) is 0 Å². The largest absolute Gasteiger partial charge is 0.466 e. The topological polar surface area (TPSA) is 26.3 Å². The maximum absolute atomic E-state index is 10.8. The van der Waals surface area contributed by atoms with E-state index in [0.29, 0.717) is 12.3 Å². The zero-order chi connectivity index (χ0) is 7.40. The van der Waals surface area contributed by atoms with Crippen molar-refractivity contribution >= 4 is 5.97 Å². The van der Waals surface area contributed by atoms with E-state index in [4.69, 9.17) is 4.74 Å². The highest BCUT2D eigenvalue weighted by Gasteiger charge is 2.20. The van der Waals surface area contributed by atoms with Crippen molar-refractivity contribution in [2.24, 2.45) is 5.92 Å². The van der Waals surface area contributed by atoms with Gasteiger partial charge in [-0.15, -0.1) is 0 Å². The third-order valence-electron chi connectivity index (χ3n) is 1.94. The third-order valence-corrected chi connectivity index (χ3v) is 1.94. The summed E-state index contributed by atoms with van der Waals surface area (Å²) in [6, 6.07) is 0. The molecule has 2 nitrogen and oxygen atoms in total. The molecule has 1 aliphatic rings. The molecule has 2 heteroatoms. The van der Waals surface area contributed by atoms with Gasteiger partial charge in [-0.1, -0.05) is 6.42 Å². The first kappa shape index (κ1) is 7.58. The molecule has 0 aromatic rings. The lowest BCUT2D eigenvalue weighted by Crippen LogP contribution is -2.17. The lowest BCUT2D eigenvalue weighted by atomic mass is 9.83. The van der Waals surface area contributed by atoms with E-state index in [-0.39, 0.29) is 12.6 Å². The Morgan fingerprint density at radius 2 is 2.30 bits per heavy atom. The SMILES string of the molecule is [CH2]COC(=O)CC1CCC1. The molecule has 10 heavy (non-hydrogen) atoms. The number of carbonyl (C=O) groups is 1. The molecule has 1 radical (unpaired) electrons. The average molecular weight is 141 g/mol. The monoisotopic (exact) mass is 141 g/mol. The summed E-state index contributed by atoms with van der Waals surface area (Å²) in [5, 5.41) is 0. The summed E-state index contributed by atoms with van der Waals surface area (Å²) in [4.78, 5) is 10.8. The van der Waals surface area contributed by atoms with Crippen LogP contribution in [0.25, 0.3) is 0 Å². The number of rotatable bonds is 3. The number of hydrogen-bond donors (Lipinski definition) is 0. The van der Waals surface area contributed by atoms with Gasteiger partial charge in [0.1, 0.15) is 0 Å². The summed E-state index contributed by atoms with van der Waals surface area (Å²) in [5.41, 5.74) is 0. The Balaban J connectivity index is 2.05. The van der Waals surface area contributed by atoms with Gasteiger partial charge in [0, 0.05) is 6.42 Å². The van der Waals surface area contributed by atoms with Crippen LogP contribution in [0.4, 0.5) is 0 Å². The Bertz CT molecular complexity index is 116. The number of esters is 1. The van der Waals surface area contributed by atoms with Gasteiger partial charge in [-0.2, -0.15) is 0 Å². The molecule has 0 aliphatic heterocycles. The van der Waals surface area contributed by atoms with Gasteiger partial charge in [0.2, 0.25) is 0 Å². The van der Waals surface area contributed by atoms with Gasteiger partial charge < -0.3 is 4.74 Å². The van der Waals surface area contributed by atoms with Crippen molar-refractivity contribution in [3.8, 4) is 0 Å². The van der Waals surface area contributed by atoms with Gasteiger partial charge in [0.15, 0.2) is 0 Å². The van der Waals surface area contributed by atoms with Crippen LogP contribution in [0.3, 0.4) is 0 Å². The normalized spacial score (nSPS) is 18.1. The van der Waals surface area contributed by atoms with Gasteiger partial charge in [-0.05, 0) is 25.7 Å². The molecule has 0 amide bonds. The van der Waals surface area contributed by atoms with Crippen molar-refractivity contribution in [3.05, 3.63) is 6.92 Å². The number of ether oxygens (including phenoxy) is 1. The Kier molecular flexibility index (Phi) is 2.72. The molecule has 0 aromatic carbocycles. The molecule has 1 rings (SSSR count). The highest BCUT2D eigenvalue weighted by atomic mass is 16.5. The molecule has 0 unspecified atom stereocenters. The maximum Gasteiger partial charge on any atom is 0.306 e. The summed E-state index contributed by atoms with van der Waals surface area (Å²) in [7, 11) is 0. The second kappa shape index (κ2) is 3.59. The second-order valence-electron chi connectivity index (χ2n) is 2.72. The molecule has 0 spiro atoms. The van der Waals surface area contributed by atoms with E-state index in [9.17, 15) is 4.79 Å². The zero-order valence-corrected chi connectivity index (χ0v) is 6.14. The molecular weight excluding hydrogens is 128 g/mol. The van der Waals surface area contributed by atoms with Gasteiger partial charge in [0.05, 0.1) is 6.61 Å². The van der Waals surface area contributed by atoms with E-state index in [2.05, 4.69) is 6.92 Å². The fourth-order valence-electron chi connectivity index (χ4n) is 1.11. The number of hydrogen-bond acceptors (Lipinski definition) is 2. The van der Waals surface area contributed by atoms with Gasteiger partial charge in [0.25, 0.3) is 0 Å². The fraction of sp³-hybridized carbons (Fsp3) is 0.750. The molecule has 0 heterocycles. The van der Waals surface area contributed by atoms with Gasteiger partial charge in [-0.3, -0.25) is 4.79 Å². The molecule has 0 bridgehead atoms. The quantitative estimate of drug-likeness (QED) is 0.557. The molecule has 1 saturated carbocycles. The average Bonchev–Trinajstić information content (AvgIpc) is 1.80. The van der Waals surface area contributed by atoms with Crippen LogP contribution < -0.4 is 0 Å². The van der Waals surface area contributed by atoms with Crippen molar-refractivity contribution in [1.82, 2.24) is 0 Å². The lowest BCUT2D eigenvalue weighted by Gasteiger charge is -2.23. The van der Waals surface area contributed by atoms with E-state index in [1.165, 1.54) is 19.3 Å². The Labute approximate surface area is 61.6 Å². The third kappa shape index (κ3) is 2.01. The smallest absolute Gasteiger partial charge is 0.306 e. The van der Waals surface area contributed by atoms with Crippen LogP contribution in [-0.4, -0.2) is 12.6 Å². The molecule has 0 aromatic heterocycles. The van der Waals surface area contributed by atoms with Crippen LogP contribution in [0.1, 0.15) is 25.7 Å². The number of carbonyl (C=O) groups excluding carboxylic acids is 1. The van der Waals surface area contributed by atoms with E-state index in [1.807, 2.05) is 0 Å².